The number of rotatable bonds is 6. The van der Waals surface area contributed by atoms with Crippen molar-refractivity contribution < 1.29 is 27.5 Å². The number of nitrogens with two attached hydrogens (primary N) is 1. The highest BCUT2D eigenvalue weighted by Crippen LogP contribution is 2.38. The largest absolute Gasteiger partial charge is 0.490 e. The number of nitrogens with zero attached hydrogens (tertiary/aromatic N) is 2. The summed E-state index contributed by atoms with van der Waals surface area (Å²) in [5.74, 6) is -0.277. The predicted molar refractivity (Wildman–Crippen MR) is 123 cm³/mol. The second-order valence-corrected chi connectivity index (χ2v) is 9.17. The van der Waals surface area contributed by atoms with Crippen molar-refractivity contribution >= 4 is 55.3 Å². The number of ether oxygens (including phenoxy) is 2. The van der Waals surface area contributed by atoms with Gasteiger partial charge in [-0.2, -0.15) is 10.1 Å². The van der Waals surface area contributed by atoms with Gasteiger partial charge in [-0.25, -0.2) is 13.6 Å². The zero-order chi connectivity index (χ0) is 23.6. The molecule has 0 fully saturated rings. The van der Waals surface area contributed by atoms with Gasteiger partial charge in [-0.1, -0.05) is 0 Å². The molecule has 3 rings (SSSR count). The summed E-state index contributed by atoms with van der Waals surface area (Å²) in [6, 6.07) is 8.87. The minimum absolute atomic E-state index is 0.0643. The summed E-state index contributed by atoms with van der Waals surface area (Å²) in [5, 5.41) is 10.6. The minimum atomic E-state index is -3.84. The van der Waals surface area contributed by atoms with Crippen molar-refractivity contribution in [3.8, 4) is 11.5 Å². The molecule has 0 aliphatic carbocycles. The van der Waals surface area contributed by atoms with E-state index in [2.05, 4.69) is 21.0 Å². The number of carbonyl (C=O) groups is 2. The Hall–Kier alpha value is -3.02. The smallest absolute Gasteiger partial charge is 0.308 e. The third-order valence-corrected chi connectivity index (χ3v) is 5.88. The molecule has 2 N–H and O–H groups in total. The van der Waals surface area contributed by atoms with Crippen LogP contribution in [-0.2, 0) is 19.6 Å². The average molecular weight is 522 g/mol. The molecule has 32 heavy (non-hydrogen) atoms. The van der Waals surface area contributed by atoms with E-state index in [9.17, 15) is 18.0 Å². The number of esters is 1. The van der Waals surface area contributed by atoms with Crippen molar-refractivity contribution in [3.63, 3.8) is 0 Å². The number of benzene rings is 2. The van der Waals surface area contributed by atoms with Gasteiger partial charge in [0.15, 0.2) is 11.5 Å². The van der Waals surface area contributed by atoms with Crippen molar-refractivity contribution in [3.05, 3.63) is 52.0 Å². The molecule has 1 aliphatic rings. The lowest BCUT2D eigenvalue weighted by Gasteiger charge is -2.13. The number of primary sulfonamides is 1. The van der Waals surface area contributed by atoms with E-state index in [1.54, 1.807) is 32.1 Å². The quantitative estimate of drug-likeness (QED) is 0.353. The molecule has 0 aromatic heterocycles. The molecule has 1 aliphatic heterocycles. The lowest BCUT2D eigenvalue weighted by molar-refractivity contribution is -0.132. The number of hydrogen-bond acceptors (Lipinski definition) is 7. The number of anilines is 1. The molecule has 0 radical (unpaired) electrons. The van der Waals surface area contributed by atoms with Crippen LogP contribution in [0, 0.1) is 0 Å². The highest BCUT2D eigenvalue weighted by Gasteiger charge is 2.29. The van der Waals surface area contributed by atoms with Crippen LogP contribution in [0.1, 0.15) is 26.3 Å². The monoisotopic (exact) mass is 521 g/mol. The van der Waals surface area contributed by atoms with E-state index in [0.29, 0.717) is 39.4 Å². The molecule has 9 nitrogen and oxygen atoms in total. The van der Waals surface area contributed by atoms with E-state index in [0.717, 1.165) is 0 Å². The Morgan fingerprint density at radius 3 is 2.47 bits per heavy atom. The summed E-state index contributed by atoms with van der Waals surface area (Å²) in [6.07, 6.45) is 1.64. The number of hydrazone groups is 1. The van der Waals surface area contributed by atoms with Crippen LogP contribution < -0.4 is 19.6 Å². The van der Waals surface area contributed by atoms with Crippen LogP contribution in [-0.4, -0.2) is 32.6 Å². The number of sulfonamides is 1. The second-order valence-electron chi connectivity index (χ2n) is 6.76. The summed E-state index contributed by atoms with van der Waals surface area (Å²) in [5.41, 5.74) is 1.84. The minimum Gasteiger partial charge on any atom is -0.490 e. The van der Waals surface area contributed by atoms with Crippen LogP contribution in [0.25, 0.3) is 6.08 Å². The van der Waals surface area contributed by atoms with E-state index in [1.165, 1.54) is 36.2 Å². The van der Waals surface area contributed by atoms with Gasteiger partial charge in [0.25, 0.3) is 5.91 Å². The third kappa shape index (κ3) is 5.06. The molecule has 2 aromatic carbocycles. The number of halogens is 1. The molecule has 0 spiro atoms. The Kier molecular flexibility index (Phi) is 6.82. The SMILES string of the molecule is CCOc1cc(/C=C2\C(=O)N(c3ccc(S(N)(=O)=O)cc3)N=C2C)cc(Br)c1OC(C)=O. The topological polar surface area (TPSA) is 128 Å². The van der Waals surface area contributed by atoms with Gasteiger partial charge in [0, 0.05) is 6.92 Å². The molecule has 0 bridgehead atoms. The van der Waals surface area contributed by atoms with E-state index in [4.69, 9.17) is 14.6 Å². The number of amides is 1. The van der Waals surface area contributed by atoms with E-state index >= 15 is 0 Å². The van der Waals surface area contributed by atoms with Crippen LogP contribution in [0.15, 0.2) is 56.4 Å². The van der Waals surface area contributed by atoms with Crippen molar-refractivity contribution in [1.82, 2.24) is 0 Å². The Labute approximate surface area is 193 Å². The van der Waals surface area contributed by atoms with E-state index < -0.39 is 16.0 Å². The molecule has 0 saturated heterocycles. The molecular weight excluding hydrogens is 502 g/mol. The second kappa shape index (κ2) is 9.23. The van der Waals surface area contributed by atoms with Crippen molar-refractivity contribution in [2.75, 3.05) is 11.6 Å². The van der Waals surface area contributed by atoms with Gasteiger partial charge in [0.05, 0.1) is 32.9 Å². The van der Waals surface area contributed by atoms with Gasteiger partial charge in [-0.3, -0.25) is 9.59 Å². The van der Waals surface area contributed by atoms with Gasteiger partial charge in [-0.15, -0.1) is 0 Å². The molecule has 1 amide bonds. The number of carbonyl (C=O) groups excluding carboxylic acids is 2. The molecule has 1 heterocycles. The average Bonchev–Trinajstić information content (AvgIpc) is 2.98. The first-order chi connectivity index (χ1) is 15.0. The maximum Gasteiger partial charge on any atom is 0.308 e. The Balaban J connectivity index is 1.95. The standard InChI is InChI=1S/C21H20BrN3O6S/c1-4-30-19-11-14(10-18(22)20(19)31-13(3)26)9-17-12(2)24-25(21(17)27)15-5-7-16(8-6-15)32(23,28)29/h5-11H,4H2,1-3H3,(H2,23,28,29)/b17-9-. The highest BCUT2D eigenvalue weighted by molar-refractivity contribution is 9.10. The summed E-state index contributed by atoms with van der Waals surface area (Å²) < 4.78 is 34.2. The normalized spacial score (nSPS) is 15.2. The fourth-order valence-electron chi connectivity index (χ4n) is 2.98. The van der Waals surface area contributed by atoms with Gasteiger partial charge in [0.1, 0.15) is 0 Å². The van der Waals surface area contributed by atoms with Crippen molar-refractivity contribution in [2.45, 2.75) is 25.7 Å². The van der Waals surface area contributed by atoms with Crippen LogP contribution >= 0.6 is 15.9 Å². The zero-order valence-corrected chi connectivity index (χ0v) is 19.9. The van der Waals surface area contributed by atoms with Gasteiger partial charge in [-0.05, 0) is 77.8 Å². The summed E-state index contributed by atoms with van der Waals surface area (Å²) >= 11 is 3.38. The van der Waals surface area contributed by atoms with Crippen LogP contribution in [0.5, 0.6) is 11.5 Å². The first-order valence-corrected chi connectivity index (χ1v) is 11.7. The van der Waals surface area contributed by atoms with Crippen LogP contribution in [0.4, 0.5) is 5.69 Å². The zero-order valence-electron chi connectivity index (χ0n) is 17.5. The Bertz CT molecular complexity index is 1250. The van der Waals surface area contributed by atoms with Crippen molar-refractivity contribution in [1.29, 1.82) is 0 Å². The molecular formula is C21H20BrN3O6S. The van der Waals surface area contributed by atoms with Crippen LogP contribution in [0.3, 0.4) is 0 Å². The summed E-state index contributed by atoms with van der Waals surface area (Å²) in [6.45, 7) is 5.13. The molecule has 0 unspecified atom stereocenters. The molecule has 0 atom stereocenters. The molecule has 11 heteroatoms. The van der Waals surface area contributed by atoms with Gasteiger partial charge >= 0.3 is 5.97 Å². The maximum atomic E-state index is 13.0. The first-order valence-electron chi connectivity index (χ1n) is 9.40. The Morgan fingerprint density at radius 2 is 1.91 bits per heavy atom. The maximum absolute atomic E-state index is 13.0. The molecule has 168 valence electrons. The summed E-state index contributed by atoms with van der Waals surface area (Å²) in [4.78, 5) is 24.3. The van der Waals surface area contributed by atoms with Gasteiger partial charge in [0.2, 0.25) is 10.0 Å². The third-order valence-electron chi connectivity index (χ3n) is 4.36. The molecule has 0 saturated carbocycles. The lowest BCUT2D eigenvalue weighted by Crippen LogP contribution is -2.21. The molecule has 2 aromatic rings. The fraction of sp³-hybridized carbons (Fsp3) is 0.190. The number of hydrogen-bond donors (Lipinski definition) is 1. The highest BCUT2D eigenvalue weighted by atomic mass is 79.9. The predicted octanol–water partition coefficient (Wildman–Crippen LogP) is 3.23. The first kappa shape index (κ1) is 23.6. The van der Waals surface area contributed by atoms with Crippen LogP contribution in [0.2, 0.25) is 0 Å². The Morgan fingerprint density at radius 1 is 1.25 bits per heavy atom. The lowest BCUT2D eigenvalue weighted by atomic mass is 10.1. The fourth-order valence-corrected chi connectivity index (χ4v) is 4.04. The van der Waals surface area contributed by atoms with E-state index in [1.807, 2.05) is 0 Å². The summed E-state index contributed by atoms with van der Waals surface area (Å²) in [7, 11) is -3.84. The van der Waals surface area contributed by atoms with Gasteiger partial charge < -0.3 is 9.47 Å². The van der Waals surface area contributed by atoms with E-state index in [-0.39, 0.29) is 16.6 Å². The van der Waals surface area contributed by atoms with Crippen molar-refractivity contribution in [2.24, 2.45) is 10.2 Å².